The molecule has 1 amide bonds. The van der Waals surface area contributed by atoms with Gasteiger partial charge in [-0.1, -0.05) is 38.8 Å². The molecule has 0 saturated carbocycles. The Bertz CT molecular complexity index is 333. The van der Waals surface area contributed by atoms with E-state index in [0.29, 0.717) is 6.42 Å². The van der Waals surface area contributed by atoms with Gasteiger partial charge in [-0.05, 0) is 30.5 Å². The number of benzene rings is 1. The Kier molecular flexibility index (Phi) is 5.62. The molecule has 0 heterocycles. The van der Waals surface area contributed by atoms with Crippen molar-refractivity contribution in [1.29, 1.82) is 0 Å². The summed E-state index contributed by atoms with van der Waals surface area (Å²) in [6.45, 7) is 4.07. The van der Waals surface area contributed by atoms with Crippen molar-refractivity contribution in [2.24, 2.45) is 0 Å². The van der Waals surface area contributed by atoms with E-state index in [2.05, 4.69) is 24.4 Å². The molecule has 0 aromatic heterocycles. The van der Waals surface area contributed by atoms with Crippen LogP contribution in [0.25, 0.3) is 0 Å². The second-order valence-electron chi connectivity index (χ2n) is 4.06. The zero-order valence-electron chi connectivity index (χ0n) is 10.3. The molecular formula is C14H21NO. The Hall–Kier alpha value is -1.31. The number of unbranched alkanes of at least 4 members (excludes halogenated alkanes) is 2. The third-order valence-corrected chi connectivity index (χ3v) is 2.60. The summed E-state index contributed by atoms with van der Waals surface area (Å²) >= 11 is 0. The first-order chi connectivity index (χ1) is 7.76. The van der Waals surface area contributed by atoms with Gasteiger partial charge in [-0.25, -0.2) is 0 Å². The van der Waals surface area contributed by atoms with Gasteiger partial charge in [0.25, 0.3) is 0 Å². The number of rotatable bonds is 6. The summed E-state index contributed by atoms with van der Waals surface area (Å²) in [7, 11) is 0. The van der Waals surface area contributed by atoms with Crippen LogP contribution in [0.1, 0.15) is 45.1 Å². The van der Waals surface area contributed by atoms with Crippen LogP contribution in [0.5, 0.6) is 0 Å². The van der Waals surface area contributed by atoms with Crippen LogP contribution >= 0.6 is 0 Å². The van der Waals surface area contributed by atoms with Crippen molar-refractivity contribution in [3.63, 3.8) is 0 Å². The van der Waals surface area contributed by atoms with Gasteiger partial charge >= 0.3 is 0 Å². The highest BCUT2D eigenvalue weighted by atomic mass is 16.1. The molecule has 0 aliphatic heterocycles. The van der Waals surface area contributed by atoms with Crippen molar-refractivity contribution in [1.82, 2.24) is 0 Å². The zero-order valence-corrected chi connectivity index (χ0v) is 10.3. The molecule has 1 rings (SSSR count). The van der Waals surface area contributed by atoms with Crippen molar-refractivity contribution in [3.05, 3.63) is 29.8 Å². The van der Waals surface area contributed by atoms with Gasteiger partial charge in [0.15, 0.2) is 0 Å². The molecule has 2 heteroatoms. The van der Waals surface area contributed by atoms with E-state index in [1.807, 2.05) is 19.1 Å². The molecule has 0 unspecified atom stereocenters. The summed E-state index contributed by atoms with van der Waals surface area (Å²) in [5.41, 5.74) is 2.23. The monoisotopic (exact) mass is 219 g/mol. The van der Waals surface area contributed by atoms with Crippen molar-refractivity contribution < 1.29 is 4.79 Å². The summed E-state index contributed by atoms with van der Waals surface area (Å²) < 4.78 is 0. The summed E-state index contributed by atoms with van der Waals surface area (Å²) in [5, 5.41) is 2.88. The van der Waals surface area contributed by atoms with Gasteiger partial charge in [0.2, 0.25) is 5.91 Å². The molecule has 0 aliphatic carbocycles. The van der Waals surface area contributed by atoms with Crippen LogP contribution in [0.2, 0.25) is 0 Å². The van der Waals surface area contributed by atoms with Crippen LogP contribution in [-0.2, 0) is 11.2 Å². The molecule has 0 aliphatic rings. The molecule has 0 bridgehead atoms. The topological polar surface area (TPSA) is 29.1 Å². The largest absolute Gasteiger partial charge is 0.326 e. The fourth-order valence-electron chi connectivity index (χ4n) is 1.63. The highest BCUT2D eigenvalue weighted by molar-refractivity contribution is 5.90. The average molecular weight is 219 g/mol. The lowest BCUT2D eigenvalue weighted by molar-refractivity contribution is -0.115. The standard InChI is InChI=1S/C14H21NO/c1-3-5-6-8-12-9-7-10-13(11-12)15-14(16)4-2/h7,9-11H,3-6,8H2,1-2H3,(H,15,16). The van der Waals surface area contributed by atoms with E-state index in [9.17, 15) is 4.79 Å². The molecule has 0 atom stereocenters. The molecule has 0 spiro atoms. The second kappa shape index (κ2) is 7.04. The Labute approximate surface area is 98.1 Å². The number of nitrogens with one attached hydrogen (secondary N) is 1. The quantitative estimate of drug-likeness (QED) is 0.725. The number of hydrogen-bond donors (Lipinski definition) is 1. The summed E-state index contributed by atoms with van der Waals surface area (Å²) in [6, 6.07) is 8.14. The van der Waals surface area contributed by atoms with Crippen LogP contribution in [0.4, 0.5) is 5.69 Å². The summed E-state index contributed by atoms with van der Waals surface area (Å²) in [5.74, 6) is 0.0747. The van der Waals surface area contributed by atoms with Gasteiger partial charge in [0.1, 0.15) is 0 Å². The molecule has 0 radical (unpaired) electrons. The molecule has 0 fully saturated rings. The molecule has 1 N–H and O–H groups in total. The van der Waals surface area contributed by atoms with Gasteiger partial charge in [0, 0.05) is 12.1 Å². The highest BCUT2D eigenvalue weighted by Crippen LogP contribution is 2.13. The van der Waals surface area contributed by atoms with E-state index in [4.69, 9.17) is 0 Å². The van der Waals surface area contributed by atoms with E-state index in [1.54, 1.807) is 0 Å². The minimum absolute atomic E-state index is 0.0747. The maximum Gasteiger partial charge on any atom is 0.224 e. The smallest absolute Gasteiger partial charge is 0.224 e. The molecule has 88 valence electrons. The first-order valence-corrected chi connectivity index (χ1v) is 6.15. The maximum atomic E-state index is 11.2. The molecule has 1 aromatic rings. The molecule has 1 aromatic carbocycles. The van der Waals surface area contributed by atoms with E-state index < -0.39 is 0 Å². The lowest BCUT2D eigenvalue weighted by Crippen LogP contribution is -2.09. The first kappa shape index (κ1) is 12.8. The SMILES string of the molecule is CCCCCc1cccc(NC(=O)CC)c1. The number of hydrogen-bond acceptors (Lipinski definition) is 1. The van der Waals surface area contributed by atoms with Crippen LogP contribution in [0.15, 0.2) is 24.3 Å². The highest BCUT2D eigenvalue weighted by Gasteiger charge is 1.99. The fraction of sp³-hybridized carbons (Fsp3) is 0.500. The second-order valence-corrected chi connectivity index (χ2v) is 4.06. The predicted octanol–water partition coefficient (Wildman–Crippen LogP) is 3.77. The normalized spacial score (nSPS) is 10.1. The minimum atomic E-state index is 0.0747. The van der Waals surface area contributed by atoms with Crippen molar-refractivity contribution in [2.45, 2.75) is 46.0 Å². The Balaban J connectivity index is 2.53. The van der Waals surface area contributed by atoms with Crippen LogP contribution in [0.3, 0.4) is 0 Å². The number of anilines is 1. The number of carbonyl (C=O) groups is 1. The van der Waals surface area contributed by atoms with Gasteiger partial charge in [0.05, 0.1) is 0 Å². The number of amides is 1. The maximum absolute atomic E-state index is 11.2. The third kappa shape index (κ3) is 4.47. The van der Waals surface area contributed by atoms with E-state index in [0.717, 1.165) is 12.1 Å². The van der Waals surface area contributed by atoms with Crippen molar-refractivity contribution >= 4 is 11.6 Å². The van der Waals surface area contributed by atoms with Gasteiger partial charge in [-0.3, -0.25) is 4.79 Å². The van der Waals surface area contributed by atoms with Gasteiger partial charge in [-0.2, -0.15) is 0 Å². The summed E-state index contributed by atoms with van der Waals surface area (Å²) in [4.78, 5) is 11.2. The van der Waals surface area contributed by atoms with E-state index in [1.165, 1.54) is 24.8 Å². The Morgan fingerprint density at radius 3 is 2.75 bits per heavy atom. The molecular weight excluding hydrogens is 198 g/mol. The summed E-state index contributed by atoms with van der Waals surface area (Å²) in [6.07, 6.45) is 5.36. The van der Waals surface area contributed by atoms with Gasteiger partial charge < -0.3 is 5.32 Å². The van der Waals surface area contributed by atoms with E-state index >= 15 is 0 Å². The average Bonchev–Trinajstić information content (AvgIpc) is 2.30. The first-order valence-electron chi connectivity index (χ1n) is 6.15. The predicted molar refractivity (Wildman–Crippen MR) is 68.6 cm³/mol. The Morgan fingerprint density at radius 2 is 2.06 bits per heavy atom. The van der Waals surface area contributed by atoms with Crippen LogP contribution in [0, 0.1) is 0 Å². The number of aryl methyl sites for hydroxylation is 1. The number of carbonyl (C=O) groups excluding carboxylic acids is 1. The minimum Gasteiger partial charge on any atom is -0.326 e. The van der Waals surface area contributed by atoms with Gasteiger partial charge in [-0.15, -0.1) is 0 Å². The zero-order chi connectivity index (χ0) is 11.8. The Morgan fingerprint density at radius 1 is 1.25 bits per heavy atom. The lowest BCUT2D eigenvalue weighted by atomic mass is 10.1. The van der Waals surface area contributed by atoms with Crippen molar-refractivity contribution in [3.8, 4) is 0 Å². The molecule has 0 saturated heterocycles. The molecule has 2 nitrogen and oxygen atoms in total. The molecule has 16 heavy (non-hydrogen) atoms. The van der Waals surface area contributed by atoms with Crippen molar-refractivity contribution in [2.75, 3.05) is 5.32 Å². The third-order valence-electron chi connectivity index (χ3n) is 2.60. The fourth-order valence-corrected chi connectivity index (χ4v) is 1.63. The van der Waals surface area contributed by atoms with E-state index in [-0.39, 0.29) is 5.91 Å². The van der Waals surface area contributed by atoms with Crippen LogP contribution < -0.4 is 5.32 Å². The lowest BCUT2D eigenvalue weighted by Gasteiger charge is -2.06. The van der Waals surface area contributed by atoms with Crippen LogP contribution in [-0.4, -0.2) is 5.91 Å².